The molecule has 1 aromatic heterocycles. The largest absolute Gasteiger partial charge is 0.342 e. The Morgan fingerprint density at radius 1 is 1.30 bits per heavy atom. The second kappa shape index (κ2) is 5.09. The van der Waals surface area contributed by atoms with Crippen LogP contribution in [0.15, 0.2) is 24.3 Å². The van der Waals surface area contributed by atoms with Gasteiger partial charge in [0.05, 0.1) is 11.0 Å². The van der Waals surface area contributed by atoms with Gasteiger partial charge in [-0.05, 0) is 32.9 Å². The molecule has 2 aromatic rings. The summed E-state index contributed by atoms with van der Waals surface area (Å²) in [5, 5.41) is 0. The molecule has 2 heterocycles. The molecule has 1 atom stereocenters. The molecule has 0 bridgehead atoms. The number of imidazole rings is 1. The first-order valence-corrected chi connectivity index (χ1v) is 6.70. The molecule has 3 rings (SSSR count). The van der Waals surface area contributed by atoms with Crippen molar-refractivity contribution in [2.24, 2.45) is 0 Å². The maximum atomic E-state index is 12.1. The number of aromatic nitrogens is 2. The molecule has 0 spiro atoms. The van der Waals surface area contributed by atoms with Crippen LogP contribution < -0.4 is 0 Å². The van der Waals surface area contributed by atoms with Crippen molar-refractivity contribution in [1.29, 1.82) is 0 Å². The Morgan fingerprint density at radius 2 is 2.00 bits per heavy atom. The maximum absolute atomic E-state index is 12.1. The van der Waals surface area contributed by atoms with Gasteiger partial charge >= 0.3 is 0 Å². The first kappa shape index (κ1) is 14.9. The summed E-state index contributed by atoms with van der Waals surface area (Å²) in [7, 11) is 0. The van der Waals surface area contributed by atoms with Crippen molar-refractivity contribution in [2.45, 2.75) is 38.6 Å². The van der Waals surface area contributed by atoms with Crippen molar-refractivity contribution in [1.82, 2.24) is 14.9 Å². The Labute approximate surface area is 125 Å². The number of aromatic amines is 1. The number of fused-ring (bicyclic) bond motifs is 1. The van der Waals surface area contributed by atoms with Gasteiger partial charge in [0.15, 0.2) is 0 Å². The number of hydrogen-bond donors (Lipinski definition) is 1. The van der Waals surface area contributed by atoms with Crippen molar-refractivity contribution in [3.05, 3.63) is 30.1 Å². The number of nitrogens with zero attached hydrogens (tertiary/aromatic N) is 2. The lowest BCUT2D eigenvalue weighted by molar-refractivity contribution is -0.131. The van der Waals surface area contributed by atoms with Crippen LogP contribution in [0, 0.1) is 0 Å². The van der Waals surface area contributed by atoms with Gasteiger partial charge in [0.25, 0.3) is 0 Å². The zero-order valence-electron chi connectivity index (χ0n) is 12.0. The van der Waals surface area contributed by atoms with Gasteiger partial charge in [0.2, 0.25) is 5.91 Å². The maximum Gasteiger partial charge on any atom is 0.223 e. The number of halogens is 1. The van der Waals surface area contributed by atoms with Crippen molar-refractivity contribution in [2.75, 3.05) is 6.54 Å². The molecule has 1 aliphatic rings. The topological polar surface area (TPSA) is 49.0 Å². The lowest BCUT2D eigenvalue weighted by Gasteiger charge is -2.31. The molecular weight excluding hydrogens is 274 g/mol. The van der Waals surface area contributed by atoms with Crippen LogP contribution in [0.1, 0.15) is 38.9 Å². The predicted molar refractivity (Wildman–Crippen MR) is 82.2 cm³/mol. The van der Waals surface area contributed by atoms with Crippen LogP contribution >= 0.6 is 12.4 Å². The number of carbonyl (C=O) groups is 1. The highest BCUT2D eigenvalue weighted by atomic mass is 35.5. The molecule has 0 radical (unpaired) electrons. The van der Waals surface area contributed by atoms with E-state index in [4.69, 9.17) is 0 Å². The summed E-state index contributed by atoms with van der Waals surface area (Å²) in [6.45, 7) is 6.98. The molecule has 20 heavy (non-hydrogen) atoms. The molecule has 1 saturated heterocycles. The molecule has 1 fully saturated rings. The monoisotopic (exact) mass is 293 g/mol. The number of para-hydroxylation sites is 2. The van der Waals surface area contributed by atoms with Crippen LogP contribution in [0.5, 0.6) is 0 Å². The minimum absolute atomic E-state index is 0. The first-order chi connectivity index (χ1) is 8.95. The lowest BCUT2D eigenvalue weighted by atomic mass is 10.1. The van der Waals surface area contributed by atoms with Crippen LogP contribution in [0.3, 0.4) is 0 Å². The third-order valence-electron chi connectivity index (χ3n) is 3.73. The number of hydrogen-bond acceptors (Lipinski definition) is 2. The summed E-state index contributed by atoms with van der Waals surface area (Å²) in [5.41, 5.74) is 1.90. The fraction of sp³-hybridized carbons (Fsp3) is 0.467. The van der Waals surface area contributed by atoms with Gasteiger partial charge in [-0.3, -0.25) is 4.79 Å². The fourth-order valence-corrected chi connectivity index (χ4v) is 2.70. The van der Waals surface area contributed by atoms with E-state index in [1.165, 1.54) is 0 Å². The molecule has 0 aliphatic carbocycles. The smallest absolute Gasteiger partial charge is 0.223 e. The predicted octanol–water partition coefficient (Wildman–Crippen LogP) is 3.10. The molecular formula is C15H20ClN3O. The van der Waals surface area contributed by atoms with Crippen LogP contribution in [-0.2, 0) is 4.79 Å². The van der Waals surface area contributed by atoms with Gasteiger partial charge < -0.3 is 9.88 Å². The summed E-state index contributed by atoms with van der Waals surface area (Å²) >= 11 is 0. The van der Waals surface area contributed by atoms with E-state index in [1.807, 2.05) is 29.2 Å². The average Bonchev–Trinajstić information content (AvgIpc) is 2.90. The molecule has 5 heteroatoms. The lowest BCUT2D eigenvalue weighted by Crippen LogP contribution is -2.42. The second-order valence-corrected chi connectivity index (χ2v) is 6.22. The Morgan fingerprint density at radius 3 is 2.60 bits per heavy atom. The molecule has 1 aromatic carbocycles. The van der Waals surface area contributed by atoms with E-state index in [9.17, 15) is 4.79 Å². The number of benzene rings is 1. The van der Waals surface area contributed by atoms with Gasteiger partial charge in [0.1, 0.15) is 5.82 Å². The Bertz CT molecular complexity index is 596. The van der Waals surface area contributed by atoms with Crippen molar-refractivity contribution >= 4 is 29.3 Å². The summed E-state index contributed by atoms with van der Waals surface area (Å²) in [5.74, 6) is 1.33. The highest BCUT2D eigenvalue weighted by Crippen LogP contribution is 2.31. The third-order valence-corrected chi connectivity index (χ3v) is 3.73. The van der Waals surface area contributed by atoms with Gasteiger partial charge in [-0.15, -0.1) is 12.4 Å². The molecule has 0 saturated carbocycles. The highest BCUT2D eigenvalue weighted by molar-refractivity contribution is 5.85. The van der Waals surface area contributed by atoms with Crippen LogP contribution in [0.4, 0.5) is 0 Å². The standard InChI is InChI=1S/C15H19N3O.ClH/c1-15(2,3)18-9-10(8-13(18)19)14-16-11-6-4-5-7-12(11)17-14;/h4-7,10H,8-9H2,1-3H3,(H,16,17);1H. The molecule has 1 N–H and O–H groups in total. The molecule has 108 valence electrons. The molecule has 4 nitrogen and oxygen atoms in total. The van der Waals surface area contributed by atoms with Gasteiger partial charge in [-0.1, -0.05) is 12.1 Å². The minimum Gasteiger partial charge on any atom is -0.342 e. The number of amides is 1. The zero-order chi connectivity index (χ0) is 13.6. The van der Waals surface area contributed by atoms with E-state index in [-0.39, 0.29) is 29.8 Å². The number of H-pyrrole nitrogens is 1. The number of likely N-dealkylation sites (tertiary alicyclic amines) is 1. The number of nitrogens with one attached hydrogen (secondary N) is 1. The van der Waals surface area contributed by atoms with Crippen LogP contribution in [0.25, 0.3) is 11.0 Å². The Hall–Kier alpha value is -1.55. The minimum atomic E-state index is -0.113. The Balaban J connectivity index is 0.00000147. The number of carbonyl (C=O) groups excluding carboxylic acids is 1. The molecule has 1 amide bonds. The first-order valence-electron chi connectivity index (χ1n) is 6.70. The SMILES string of the molecule is CC(C)(C)N1CC(c2nc3ccccc3[nH]2)CC1=O.Cl. The summed E-state index contributed by atoms with van der Waals surface area (Å²) < 4.78 is 0. The second-order valence-electron chi connectivity index (χ2n) is 6.22. The van der Waals surface area contributed by atoms with E-state index in [1.54, 1.807) is 0 Å². The molecule has 1 aliphatic heterocycles. The van der Waals surface area contributed by atoms with E-state index >= 15 is 0 Å². The van der Waals surface area contributed by atoms with Gasteiger partial charge in [-0.2, -0.15) is 0 Å². The number of rotatable bonds is 1. The summed E-state index contributed by atoms with van der Waals surface area (Å²) in [6, 6.07) is 7.98. The Kier molecular flexibility index (Phi) is 3.78. The quantitative estimate of drug-likeness (QED) is 0.878. The summed E-state index contributed by atoms with van der Waals surface area (Å²) in [4.78, 5) is 22.0. The van der Waals surface area contributed by atoms with Crippen molar-refractivity contribution < 1.29 is 4.79 Å². The van der Waals surface area contributed by atoms with Gasteiger partial charge in [0, 0.05) is 24.4 Å². The van der Waals surface area contributed by atoms with E-state index in [0.717, 1.165) is 23.4 Å². The van der Waals surface area contributed by atoms with Crippen LogP contribution in [-0.4, -0.2) is 32.9 Å². The molecule has 1 unspecified atom stereocenters. The normalized spacial score (nSPS) is 19.4. The average molecular weight is 294 g/mol. The van der Waals surface area contributed by atoms with Gasteiger partial charge in [-0.25, -0.2) is 4.98 Å². The fourth-order valence-electron chi connectivity index (χ4n) is 2.70. The van der Waals surface area contributed by atoms with E-state index < -0.39 is 0 Å². The summed E-state index contributed by atoms with van der Waals surface area (Å²) in [6.07, 6.45) is 0.553. The van der Waals surface area contributed by atoms with Crippen LogP contribution in [0.2, 0.25) is 0 Å². The van der Waals surface area contributed by atoms with E-state index in [2.05, 4.69) is 30.7 Å². The highest BCUT2D eigenvalue weighted by Gasteiger charge is 2.37. The third kappa shape index (κ3) is 2.52. The van der Waals surface area contributed by atoms with Crippen molar-refractivity contribution in [3.8, 4) is 0 Å². The zero-order valence-corrected chi connectivity index (χ0v) is 12.8. The van der Waals surface area contributed by atoms with Crippen molar-refractivity contribution in [3.63, 3.8) is 0 Å². The van der Waals surface area contributed by atoms with E-state index in [0.29, 0.717) is 6.42 Å².